The van der Waals surface area contributed by atoms with Gasteiger partial charge in [0.1, 0.15) is 5.60 Å². The molecule has 1 aliphatic heterocycles. The van der Waals surface area contributed by atoms with Crippen LogP contribution >= 0.6 is 11.6 Å². The molecule has 0 N–H and O–H groups in total. The van der Waals surface area contributed by atoms with E-state index in [1.54, 1.807) is 11.9 Å². The zero-order valence-corrected chi connectivity index (χ0v) is 21.5. The Hall–Kier alpha value is -1.57. The summed E-state index contributed by atoms with van der Waals surface area (Å²) in [5, 5.41) is 0.555. The van der Waals surface area contributed by atoms with Gasteiger partial charge in [-0.05, 0) is 72.9 Å². The van der Waals surface area contributed by atoms with Crippen LogP contribution in [0.4, 0.5) is 0 Å². The molecule has 0 atom stereocenters. The van der Waals surface area contributed by atoms with E-state index in [0.717, 1.165) is 11.0 Å². The smallest absolute Gasteiger partial charge is 0.460 e. The molecule has 6 nitrogen and oxygen atoms in total. The summed E-state index contributed by atoms with van der Waals surface area (Å²) in [6.45, 7) is 14.0. The van der Waals surface area contributed by atoms with Crippen LogP contribution in [0.1, 0.15) is 79.7 Å². The highest BCUT2D eigenvalue weighted by Gasteiger charge is 2.52. The molecule has 0 unspecified atom stereocenters. The molecule has 0 radical (unpaired) electrons. The lowest BCUT2D eigenvalue weighted by Gasteiger charge is -2.32. The molecular weight excluding hydrogens is 429 g/mol. The van der Waals surface area contributed by atoms with Gasteiger partial charge in [0, 0.05) is 36.9 Å². The average Bonchev–Trinajstić information content (AvgIpc) is 2.84. The standard InChI is InChI=1S/C24H37BClNO5/c1-22(2,3)30-21(29)12-10-9-11-20(28)27(8)16-17-13-14-18(19(26)15-17)25-31-23(4,5)24(6,7)32-25/h13-15H,9-12,16H2,1-8H3. The third-order valence-corrected chi connectivity index (χ3v) is 6.19. The molecule has 0 aromatic heterocycles. The Morgan fingerprint density at radius 2 is 1.62 bits per heavy atom. The summed E-state index contributed by atoms with van der Waals surface area (Å²) in [6, 6.07) is 5.70. The number of hydrogen-bond donors (Lipinski definition) is 0. The van der Waals surface area contributed by atoms with Crippen molar-refractivity contribution in [2.24, 2.45) is 0 Å². The van der Waals surface area contributed by atoms with Crippen LogP contribution in [0.5, 0.6) is 0 Å². The Morgan fingerprint density at radius 1 is 1.06 bits per heavy atom. The van der Waals surface area contributed by atoms with Crippen molar-refractivity contribution >= 4 is 36.1 Å². The second-order valence-corrected chi connectivity index (χ2v) is 10.9. The van der Waals surface area contributed by atoms with E-state index in [0.29, 0.717) is 37.3 Å². The molecule has 0 bridgehead atoms. The maximum Gasteiger partial charge on any atom is 0.496 e. The van der Waals surface area contributed by atoms with Crippen molar-refractivity contribution in [1.29, 1.82) is 0 Å². The highest BCUT2D eigenvalue weighted by molar-refractivity contribution is 6.65. The first-order valence-electron chi connectivity index (χ1n) is 11.2. The van der Waals surface area contributed by atoms with E-state index in [-0.39, 0.29) is 11.9 Å². The van der Waals surface area contributed by atoms with Crippen molar-refractivity contribution in [3.63, 3.8) is 0 Å². The molecule has 1 aromatic rings. The van der Waals surface area contributed by atoms with Crippen LogP contribution in [-0.2, 0) is 30.2 Å². The Labute approximate surface area is 198 Å². The highest BCUT2D eigenvalue weighted by Crippen LogP contribution is 2.37. The van der Waals surface area contributed by atoms with Gasteiger partial charge in [-0.25, -0.2) is 0 Å². The molecule has 2 rings (SSSR count). The SMILES string of the molecule is CN(Cc1ccc(B2OC(C)(C)C(C)(C)O2)c(Cl)c1)C(=O)CCCCC(=O)OC(C)(C)C. The number of unbranched alkanes of at least 4 members (excludes halogenated alkanes) is 1. The van der Waals surface area contributed by atoms with Crippen molar-refractivity contribution in [1.82, 2.24) is 4.90 Å². The van der Waals surface area contributed by atoms with Gasteiger partial charge < -0.3 is 18.9 Å². The summed E-state index contributed by atoms with van der Waals surface area (Å²) in [4.78, 5) is 25.9. The molecule has 1 fully saturated rings. The third-order valence-electron chi connectivity index (χ3n) is 5.86. The largest absolute Gasteiger partial charge is 0.496 e. The van der Waals surface area contributed by atoms with Gasteiger partial charge in [0.05, 0.1) is 11.2 Å². The number of hydrogen-bond acceptors (Lipinski definition) is 5. The van der Waals surface area contributed by atoms with Gasteiger partial charge >= 0.3 is 13.1 Å². The molecule has 0 spiro atoms. The lowest BCUT2D eigenvalue weighted by Crippen LogP contribution is -2.41. The molecular formula is C24H37BClNO5. The second-order valence-electron chi connectivity index (χ2n) is 10.5. The molecule has 32 heavy (non-hydrogen) atoms. The minimum atomic E-state index is -0.522. The maximum atomic E-state index is 12.5. The van der Waals surface area contributed by atoms with Gasteiger partial charge in [-0.1, -0.05) is 23.7 Å². The van der Waals surface area contributed by atoms with Crippen LogP contribution in [0.15, 0.2) is 18.2 Å². The number of carbonyl (C=O) groups excluding carboxylic acids is 2. The number of ether oxygens (including phenoxy) is 1. The van der Waals surface area contributed by atoms with Gasteiger partial charge in [-0.2, -0.15) is 0 Å². The molecule has 1 aliphatic rings. The molecule has 0 aliphatic carbocycles. The number of amides is 1. The second kappa shape index (κ2) is 10.1. The quantitative estimate of drug-likeness (QED) is 0.321. The van der Waals surface area contributed by atoms with Crippen LogP contribution in [0.2, 0.25) is 5.02 Å². The van der Waals surface area contributed by atoms with Crippen molar-refractivity contribution in [2.45, 2.75) is 97.5 Å². The number of esters is 1. The lowest BCUT2D eigenvalue weighted by atomic mass is 9.78. The third kappa shape index (κ3) is 7.22. The van der Waals surface area contributed by atoms with E-state index >= 15 is 0 Å². The van der Waals surface area contributed by atoms with E-state index in [1.165, 1.54) is 0 Å². The Bertz CT molecular complexity index is 818. The van der Waals surface area contributed by atoms with Gasteiger partial charge in [-0.15, -0.1) is 0 Å². The molecule has 1 saturated heterocycles. The first-order chi connectivity index (χ1) is 14.6. The van der Waals surface area contributed by atoms with Gasteiger partial charge in [0.25, 0.3) is 0 Å². The predicted molar refractivity (Wildman–Crippen MR) is 128 cm³/mol. The van der Waals surface area contributed by atoms with Crippen molar-refractivity contribution < 1.29 is 23.6 Å². The fourth-order valence-electron chi connectivity index (χ4n) is 3.32. The topological polar surface area (TPSA) is 65.1 Å². The minimum Gasteiger partial charge on any atom is -0.460 e. The fraction of sp³-hybridized carbons (Fsp3) is 0.667. The summed E-state index contributed by atoms with van der Waals surface area (Å²) >= 11 is 6.53. The first kappa shape index (κ1) is 26.7. The van der Waals surface area contributed by atoms with E-state index in [4.69, 9.17) is 25.6 Å². The summed E-state index contributed by atoms with van der Waals surface area (Å²) in [5.41, 5.74) is 0.364. The number of benzene rings is 1. The summed E-state index contributed by atoms with van der Waals surface area (Å²) < 4.78 is 17.5. The van der Waals surface area contributed by atoms with Gasteiger partial charge in [0.15, 0.2) is 0 Å². The molecule has 178 valence electrons. The first-order valence-corrected chi connectivity index (χ1v) is 11.6. The van der Waals surface area contributed by atoms with Crippen molar-refractivity contribution in [2.75, 3.05) is 7.05 Å². The molecule has 1 amide bonds. The Kier molecular flexibility index (Phi) is 8.46. The highest BCUT2D eigenvalue weighted by atomic mass is 35.5. The minimum absolute atomic E-state index is 0.0281. The molecule has 8 heteroatoms. The zero-order chi connectivity index (χ0) is 24.3. The van der Waals surface area contributed by atoms with E-state index in [1.807, 2.05) is 66.7 Å². The number of carbonyl (C=O) groups is 2. The predicted octanol–water partition coefficient (Wildman–Crippen LogP) is 4.50. The van der Waals surface area contributed by atoms with Crippen LogP contribution in [-0.4, -0.2) is 47.7 Å². The normalized spacial score (nSPS) is 17.3. The Morgan fingerprint density at radius 3 is 2.16 bits per heavy atom. The molecule has 0 saturated carbocycles. The van der Waals surface area contributed by atoms with E-state index in [9.17, 15) is 9.59 Å². The van der Waals surface area contributed by atoms with Crippen LogP contribution in [0, 0.1) is 0 Å². The summed E-state index contributed by atoms with van der Waals surface area (Å²) in [6.07, 6.45) is 1.98. The van der Waals surface area contributed by atoms with Crippen LogP contribution in [0.3, 0.4) is 0 Å². The zero-order valence-electron chi connectivity index (χ0n) is 20.7. The van der Waals surface area contributed by atoms with Gasteiger partial charge in [0.2, 0.25) is 5.91 Å². The van der Waals surface area contributed by atoms with E-state index < -0.39 is 23.9 Å². The van der Waals surface area contributed by atoms with Crippen LogP contribution in [0.25, 0.3) is 0 Å². The van der Waals surface area contributed by atoms with Crippen LogP contribution < -0.4 is 5.46 Å². The van der Waals surface area contributed by atoms with Crippen molar-refractivity contribution in [3.05, 3.63) is 28.8 Å². The lowest BCUT2D eigenvalue weighted by molar-refractivity contribution is -0.155. The van der Waals surface area contributed by atoms with Crippen molar-refractivity contribution in [3.8, 4) is 0 Å². The summed E-state index contributed by atoms with van der Waals surface area (Å²) in [5.74, 6) is -0.199. The summed E-state index contributed by atoms with van der Waals surface area (Å²) in [7, 11) is 1.25. The van der Waals surface area contributed by atoms with Gasteiger partial charge in [-0.3, -0.25) is 9.59 Å². The molecule has 1 aromatic carbocycles. The average molecular weight is 466 g/mol. The Balaban J connectivity index is 1.84. The monoisotopic (exact) mass is 465 g/mol. The fourth-order valence-corrected chi connectivity index (χ4v) is 3.61. The number of halogens is 1. The maximum absolute atomic E-state index is 12.5. The number of nitrogens with zero attached hydrogens (tertiary/aromatic N) is 1. The van der Waals surface area contributed by atoms with E-state index in [2.05, 4.69) is 0 Å². The number of rotatable bonds is 8. The molecule has 1 heterocycles.